The number of carbonyl (C=O) groups excluding carboxylic acids is 1. The first-order valence-corrected chi connectivity index (χ1v) is 8.51. The van der Waals surface area contributed by atoms with Gasteiger partial charge in [0.2, 0.25) is 0 Å². The highest BCUT2D eigenvalue weighted by atomic mass is 79.9. The molecule has 0 bridgehead atoms. The molecule has 0 aromatic heterocycles. The van der Waals surface area contributed by atoms with Gasteiger partial charge in [0.1, 0.15) is 10.3 Å². The summed E-state index contributed by atoms with van der Waals surface area (Å²) in [6.07, 6.45) is 1.50. The van der Waals surface area contributed by atoms with Gasteiger partial charge in [-0.25, -0.2) is 0 Å². The van der Waals surface area contributed by atoms with E-state index >= 15 is 0 Å². The third kappa shape index (κ3) is 4.81. The van der Waals surface area contributed by atoms with Crippen molar-refractivity contribution in [3.8, 4) is 0 Å². The van der Waals surface area contributed by atoms with Crippen molar-refractivity contribution >= 4 is 33.7 Å². The van der Waals surface area contributed by atoms with Gasteiger partial charge in [0.25, 0.3) is 0 Å². The fourth-order valence-electron chi connectivity index (χ4n) is 1.82. The van der Waals surface area contributed by atoms with Crippen molar-refractivity contribution in [2.75, 3.05) is 0 Å². The Balaban J connectivity index is 2.96. The van der Waals surface area contributed by atoms with E-state index in [1.165, 1.54) is 0 Å². The predicted octanol–water partition coefficient (Wildman–Crippen LogP) is 5.44. The molecule has 0 fully saturated rings. The molecule has 0 N–H and O–H groups in total. The van der Waals surface area contributed by atoms with Gasteiger partial charge >= 0.3 is 5.97 Å². The lowest BCUT2D eigenvalue weighted by Crippen LogP contribution is -2.40. The summed E-state index contributed by atoms with van der Waals surface area (Å²) in [6, 6.07) is 8.04. The zero-order chi connectivity index (χ0) is 15.4. The number of benzene rings is 1. The average Bonchev–Trinajstić information content (AvgIpc) is 2.36. The quantitative estimate of drug-likeness (QED) is 0.517. The van der Waals surface area contributed by atoms with Crippen LogP contribution in [-0.2, 0) is 9.53 Å². The first-order valence-electron chi connectivity index (χ1n) is 6.90. The van der Waals surface area contributed by atoms with E-state index in [0.717, 1.165) is 22.2 Å². The number of esters is 1. The van der Waals surface area contributed by atoms with E-state index in [2.05, 4.69) is 15.9 Å². The number of ether oxygens (including phenoxy) is 1. The van der Waals surface area contributed by atoms with Crippen LogP contribution in [0.25, 0.3) is 0 Å². The highest BCUT2D eigenvalue weighted by Gasteiger charge is 2.39. The van der Waals surface area contributed by atoms with Gasteiger partial charge in [0.05, 0.1) is 0 Å². The van der Waals surface area contributed by atoms with E-state index in [0.29, 0.717) is 0 Å². The maximum atomic E-state index is 12.6. The molecule has 0 spiro atoms. The Morgan fingerprint density at radius 2 is 1.65 bits per heavy atom. The van der Waals surface area contributed by atoms with Crippen molar-refractivity contribution in [2.45, 2.75) is 62.7 Å². The number of thioether (sulfide) groups is 1. The summed E-state index contributed by atoms with van der Waals surface area (Å²) in [7, 11) is 0. The minimum absolute atomic E-state index is 0.122. The van der Waals surface area contributed by atoms with Crippen LogP contribution in [0.2, 0.25) is 0 Å². The SMILES string of the molecule is CCC(CC)(Sc1ccc(Br)cc1)C(=O)OC(C)(C)C. The van der Waals surface area contributed by atoms with Gasteiger partial charge in [0, 0.05) is 9.37 Å². The normalized spacial score (nSPS) is 12.3. The molecule has 0 aliphatic rings. The van der Waals surface area contributed by atoms with Crippen LogP contribution >= 0.6 is 27.7 Å². The second kappa shape index (κ2) is 6.99. The molecule has 0 aliphatic heterocycles. The molecule has 0 saturated heterocycles. The van der Waals surface area contributed by atoms with Crippen LogP contribution in [0.1, 0.15) is 47.5 Å². The van der Waals surface area contributed by atoms with Gasteiger partial charge < -0.3 is 4.74 Å². The molecule has 0 saturated carbocycles. The second-order valence-electron chi connectivity index (χ2n) is 5.76. The van der Waals surface area contributed by atoms with Crippen LogP contribution in [0.15, 0.2) is 33.6 Å². The molecule has 0 unspecified atom stereocenters. The summed E-state index contributed by atoms with van der Waals surface area (Å²) in [5.74, 6) is -0.122. The van der Waals surface area contributed by atoms with Crippen molar-refractivity contribution in [3.05, 3.63) is 28.7 Å². The molecule has 1 rings (SSSR count). The van der Waals surface area contributed by atoms with Gasteiger partial charge in [-0.05, 0) is 57.9 Å². The van der Waals surface area contributed by atoms with E-state index in [9.17, 15) is 4.79 Å². The number of rotatable bonds is 5. The first-order chi connectivity index (χ1) is 9.22. The molecule has 1 aromatic rings. The van der Waals surface area contributed by atoms with Crippen molar-refractivity contribution < 1.29 is 9.53 Å². The molecule has 0 heterocycles. The standard InChI is InChI=1S/C16H23BrO2S/c1-6-16(7-2,14(18)19-15(3,4)5)20-13-10-8-12(17)9-11-13/h8-11H,6-7H2,1-5H3. The maximum Gasteiger partial charge on any atom is 0.323 e. The van der Waals surface area contributed by atoms with Gasteiger partial charge in [-0.1, -0.05) is 29.8 Å². The van der Waals surface area contributed by atoms with E-state index in [1.807, 2.05) is 58.9 Å². The van der Waals surface area contributed by atoms with E-state index in [1.54, 1.807) is 11.8 Å². The van der Waals surface area contributed by atoms with Crippen molar-refractivity contribution in [1.82, 2.24) is 0 Å². The van der Waals surface area contributed by atoms with Crippen LogP contribution in [0, 0.1) is 0 Å². The third-order valence-corrected chi connectivity index (χ3v) is 5.21. The van der Waals surface area contributed by atoms with E-state index in [-0.39, 0.29) is 5.97 Å². The zero-order valence-electron chi connectivity index (χ0n) is 12.8. The van der Waals surface area contributed by atoms with Crippen LogP contribution in [0.4, 0.5) is 0 Å². The minimum atomic E-state index is -0.513. The van der Waals surface area contributed by atoms with Gasteiger partial charge in [-0.3, -0.25) is 4.79 Å². The highest BCUT2D eigenvalue weighted by molar-refractivity contribution is 9.10. The van der Waals surface area contributed by atoms with Crippen molar-refractivity contribution in [1.29, 1.82) is 0 Å². The summed E-state index contributed by atoms with van der Waals surface area (Å²) in [6.45, 7) is 9.81. The highest BCUT2D eigenvalue weighted by Crippen LogP contribution is 2.40. The Morgan fingerprint density at radius 1 is 1.15 bits per heavy atom. The molecular weight excluding hydrogens is 336 g/mol. The molecule has 112 valence electrons. The molecule has 0 amide bonds. The first kappa shape index (κ1) is 17.6. The van der Waals surface area contributed by atoms with Crippen molar-refractivity contribution in [3.63, 3.8) is 0 Å². The predicted molar refractivity (Wildman–Crippen MR) is 89.2 cm³/mol. The van der Waals surface area contributed by atoms with Gasteiger partial charge in [-0.15, -0.1) is 11.8 Å². The Morgan fingerprint density at radius 3 is 2.05 bits per heavy atom. The Bertz CT molecular complexity index is 445. The lowest BCUT2D eigenvalue weighted by molar-refractivity contribution is -0.158. The Hall–Kier alpha value is -0.480. The van der Waals surface area contributed by atoms with Crippen molar-refractivity contribution in [2.24, 2.45) is 0 Å². The molecule has 2 nitrogen and oxygen atoms in total. The van der Waals surface area contributed by atoms with Gasteiger partial charge in [0.15, 0.2) is 0 Å². The third-order valence-electron chi connectivity index (χ3n) is 3.04. The van der Waals surface area contributed by atoms with Crippen LogP contribution in [0.3, 0.4) is 0 Å². The monoisotopic (exact) mass is 358 g/mol. The largest absolute Gasteiger partial charge is 0.459 e. The van der Waals surface area contributed by atoms with Crippen LogP contribution < -0.4 is 0 Å². The topological polar surface area (TPSA) is 26.3 Å². The molecule has 1 aromatic carbocycles. The smallest absolute Gasteiger partial charge is 0.323 e. The second-order valence-corrected chi connectivity index (χ2v) is 8.13. The van der Waals surface area contributed by atoms with Crippen LogP contribution in [0.5, 0.6) is 0 Å². The van der Waals surface area contributed by atoms with Crippen LogP contribution in [-0.4, -0.2) is 16.3 Å². The number of halogens is 1. The summed E-state index contributed by atoms with van der Waals surface area (Å²) in [4.78, 5) is 13.6. The summed E-state index contributed by atoms with van der Waals surface area (Å²) in [5, 5.41) is 0. The number of hydrogen-bond acceptors (Lipinski definition) is 3. The van der Waals surface area contributed by atoms with E-state index in [4.69, 9.17) is 4.74 Å². The van der Waals surface area contributed by atoms with E-state index < -0.39 is 10.3 Å². The Labute approximate surface area is 134 Å². The lowest BCUT2D eigenvalue weighted by Gasteiger charge is -2.32. The fourth-order valence-corrected chi connectivity index (χ4v) is 3.23. The summed E-state index contributed by atoms with van der Waals surface area (Å²) < 4.78 is 6.14. The zero-order valence-corrected chi connectivity index (χ0v) is 15.2. The summed E-state index contributed by atoms with van der Waals surface area (Å²) in [5.41, 5.74) is -0.451. The molecule has 0 atom stereocenters. The molecular formula is C16H23BrO2S. The number of carbonyl (C=O) groups is 1. The minimum Gasteiger partial charge on any atom is -0.459 e. The lowest BCUT2D eigenvalue weighted by atomic mass is 10.0. The molecule has 20 heavy (non-hydrogen) atoms. The molecule has 0 radical (unpaired) electrons. The van der Waals surface area contributed by atoms with Gasteiger partial charge in [-0.2, -0.15) is 0 Å². The summed E-state index contributed by atoms with van der Waals surface area (Å²) >= 11 is 5.03. The Kier molecular flexibility index (Phi) is 6.14. The number of hydrogen-bond donors (Lipinski definition) is 0. The molecule has 4 heteroatoms. The maximum absolute atomic E-state index is 12.6. The molecule has 0 aliphatic carbocycles. The average molecular weight is 359 g/mol. The fraction of sp³-hybridized carbons (Fsp3) is 0.562.